The Bertz CT molecular complexity index is 1200. The quantitative estimate of drug-likeness (QED) is 0.445. The van der Waals surface area contributed by atoms with E-state index >= 15 is 4.39 Å². The second kappa shape index (κ2) is 9.37. The highest BCUT2D eigenvalue weighted by Gasteiger charge is 2.52. The van der Waals surface area contributed by atoms with E-state index in [0.29, 0.717) is 0 Å². The van der Waals surface area contributed by atoms with Gasteiger partial charge in [-0.1, -0.05) is 23.7 Å². The van der Waals surface area contributed by atoms with Gasteiger partial charge in [0.25, 0.3) is 10.0 Å². The number of ether oxygens (including phenoxy) is 2. The average molecular weight is 514 g/mol. The summed E-state index contributed by atoms with van der Waals surface area (Å²) in [6, 6.07) is 6.81. The number of carbonyl (C=O) groups is 1. The summed E-state index contributed by atoms with van der Waals surface area (Å²) in [5.41, 5.74) is -1.43. The Balaban J connectivity index is 1.98. The lowest BCUT2D eigenvalue weighted by molar-refractivity contribution is -0.142. The predicted molar refractivity (Wildman–Crippen MR) is 126 cm³/mol. The molecule has 0 spiro atoms. The van der Waals surface area contributed by atoms with E-state index in [1.165, 1.54) is 38.3 Å². The van der Waals surface area contributed by atoms with Crippen LogP contribution in [0.3, 0.4) is 0 Å². The number of halogens is 2. The first-order valence-corrected chi connectivity index (χ1v) is 12.2. The van der Waals surface area contributed by atoms with Crippen LogP contribution in [0.15, 0.2) is 35.2 Å². The van der Waals surface area contributed by atoms with Crippen LogP contribution in [-0.2, 0) is 35.5 Å². The summed E-state index contributed by atoms with van der Waals surface area (Å²) in [4.78, 5) is 10.9. The molecule has 2 aromatic carbocycles. The van der Waals surface area contributed by atoms with Gasteiger partial charge in [-0.05, 0) is 45.9 Å². The second-order valence-corrected chi connectivity index (χ2v) is 10.9. The predicted octanol–water partition coefficient (Wildman–Crippen LogP) is 3.65. The van der Waals surface area contributed by atoms with E-state index in [1.54, 1.807) is 0 Å². The molecule has 12 heteroatoms. The summed E-state index contributed by atoms with van der Waals surface area (Å²) in [7, 11) is -4.13. The fraction of sp³-hybridized carbons (Fsp3) is 0.409. The van der Waals surface area contributed by atoms with Crippen LogP contribution >= 0.6 is 11.6 Å². The third kappa shape index (κ3) is 5.17. The Morgan fingerprint density at radius 1 is 1.18 bits per heavy atom. The highest BCUT2D eigenvalue weighted by molar-refractivity contribution is 7.92. The van der Waals surface area contributed by atoms with Gasteiger partial charge in [0.15, 0.2) is 0 Å². The van der Waals surface area contributed by atoms with Gasteiger partial charge in [0.2, 0.25) is 0 Å². The number of anilines is 1. The van der Waals surface area contributed by atoms with Crippen molar-refractivity contribution in [1.82, 2.24) is 0 Å². The molecule has 184 valence electrons. The maximum absolute atomic E-state index is 15.4. The van der Waals surface area contributed by atoms with Crippen molar-refractivity contribution in [2.75, 3.05) is 11.8 Å². The average Bonchev–Trinajstić information content (AvgIpc) is 2.94. The van der Waals surface area contributed by atoms with Gasteiger partial charge in [-0.25, -0.2) is 12.8 Å². The molecule has 0 atom stereocenters. The second-order valence-electron chi connectivity index (χ2n) is 8.78. The van der Waals surface area contributed by atoms with Gasteiger partial charge in [0.05, 0.1) is 24.0 Å². The van der Waals surface area contributed by atoms with Gasteiger partial charge in [-0.2, -0.15) is 0 Å². The van der Waals surface area contributed by atoms with Gasteiger partial charge >= 0.3 is 13.1 Å². The van der Waals surface area contributed by atoms with Crippen LogP contribution in [0.5, 0.6) is 5.75 Å². The Labute approximate surface area is 203 Å². The Hall–Kier alpha value is -2.34. The third-order valence-corrected chi connectivity index (χ3v) is 7.39. The first kappa shape index (κ1) is 26.3. The zero-order valence-electron chi connectivity index (χ0n) is 19.7. The van der Waals surface area contributed by atoms with Gasteiger partial charge in [0, 0.05) is 23.0 Å². The molecule has 8 nitrogen and oxygen atoms in total. The van der Waals surface area contributed by atoms with E-state index in [2.05, 4.69) is 4.72 Å². The smallest absolute Gasteiger partial charge is 0.495 e. The molecule has 1 aliphatic heterocycles. The lowest BCUT2D eigenvalue weighted by Gasteiger charge is -2.32. The molecule has 0 aromatic heterocycles. The monoisotopic (exact) mass is 513 g/mol. The maximum atomic E-state index is 15.4. The van der Waals surface area contributed by atoms with E-state index in [0.717, 1.165) is 6.07 Å². The van der Waals surface area contributed by atoms with E-state index in [1.807, 2.05) is 27.7 Å². The number of hydrogen-bond acceptors (Lipinski definition) is 7. The van der Waals surface area contributed by atoms with Gasteiger partial charge < -0.3 is 18.8 Å². The Kier molecular flexibility index (Phi) is 7.24. The van der Waals surface area contributed by atoms with Crippen molar-refractivity contribution in [1.29, 1.82) is 0 Å². The SMILES string of the molecule is COc1c(COC(C)=O)cc(Cl)cc1S(=O)(=O)Nc1cccc(B2OC(C)(C)C(C)(C)O2)c1F. The zero-order valence-corrected chi connectivity index (χ0v) is 21.3. The lowest BCUT2D eigenvalue weighted by atomic mass is 9.78. The molecule has 0 amide bonds. The third-order valence-electron chi connectivity index (χ3n) is 5.80. The largest absolute Gasteiger partial charge is 0.497 e. The fourth-order valence-corrected chi connectivity index (χ4v) is 4.92. The van der Waals surface area contributed by atoms with Crippen molar-refractivity contribution >= 4 is 45.9 Å². The van der Waals surface area contributed by atoms with E-state index < -0.39 is 40.1 Å². The van der Waals surface area contributed by atoms with Crippen molar-refractivity contribution < 1.29 is 36.4 Å². The minimum absolute atomic E-state index is 0.0486. The first-order chi connectivity index (χ1) is 15.7. The van der Waals surface area contributed by atoms with Crippen LogP contribution in [0.25, 0.3) is 0 Å². The number of nitrogens with one attached hydrogen (secondary N) is 1. The summed E-state index contributed by atoms with van der Waals surface area (Å²) < 4.78 is 66.1. The molecule has 1 N–H and O–H groups in total. The van der Waals surface area contributed by atoms with Crippen molar-refractivity contribution in [2.45, 2.75) is 57.3 Å². The van der Waals surface area contributed by atoms with Crippen LogP contribution < -0.4 is 14.9 Å². The summed E-state index contributed by atoms with van der Waals surface area (Å²) >= 11 is 6.10. The molecule has 3 rings (SSSR count). The van der Waals surface area contributed by atoms with Crippen LogP contribution in [0.2, 0.25) is 5.02 Å². The number of carbonyl (C=O) groups excluding carboxylic acids is 1. The molecule has 2 aromatic rings. The molecule has 1 saturated heterocycles. The summed E-state index contributed by atoms with van der Waals surface area (Å²) in [5.74, 6) is -1.49. The molecule has 0 bridgehead atoms. The van der Waals surface area contributed by atoms with Gasteiger partial charge in [0.1, 0.15) is 23.1 Å². The highest BCUT2D eigenvalue weighted by Crippen LogP contribution is 2.37. The molecule has 0 unspecified atom stereocenters. The number of sulfonamides is 1. The Morgan fingerprint density at radius 2 is 1.79 bits per heavy atom. The minimum Gasteiger partial charge on any atom is -0.495 e. The number of rotatable bonds is 7. The van der Waals surface area contributed by atoms with Gasteiger partial charge in [-0.3, -0.25) is 9.52 Å². The summed E-state index contributed by atoms with van der Waals surface area (Å²) in [6.45, 7) is 8.28. The number of methoxy groups -OCH3 is 1. The van der Waals surface area contributed by atoms with Crippen molar-refractivity contribution in [3.8, 4) is 5.75 Å². The number of esters is 1. The van der Waals surface area contributed by atoms with Crippen molar-refractivity contribution in [2.24, 2.45) is 0 Å². The van der Waals surface area contributed by atoms with E-state index in [-0.39, 0.29) is 39.0 Å². The number of benzene rings is 2. The fourth-order valence-electron chi connectivity index (χ4n) is 3.32. The van der Waals surface area contributed by atoms with Crippen molar-refractivity contribution in [3.63, 3.8) is 0 Å². The minimum atomic E-state index is -4.37. The molecular weight excluding hydrogens is 488 g/mol. The summed E-state index contributed by atoms with van der Waals surface area (Å²) in [5, 5.41) is 0.0646. The van der Waals surface area contributed by atoms with Gasteiger partial charge in [-0.15, -0.1) is 0 Å². The summed E-state index contributed by atoms with van der Waals surface area (Å²) in [6.07, 6.45) is 0. The normalized spacial score (nSPS) is 16.9. The molecule has 34 heavy (non-hydrogen) atoms. The molecular formula is C22H26BClFNO7S. The molecule has 1 aliphatic rings. The van der Waals surface area contributed by atoms with Crippen molar-refractivity contribution in [3.05, 3.63) is 46.7 Å². The molecule has 1 heterocycles. The van der Waals surface area contributed by atoms with E-state index in [4.69, 9.17) is 30.4 Å². The molecule has 1 fully saturated rings. The lowest BCUT2D eigenvalue weighted by Crippen LogP contribution is -2.41. The van der Waals surface area contributed by atoms with Crippen LogP contribution in [0.1, 0.15) is 40.2 Å². The van der Waals surface area contributed by atoms with Crippen LogP contribution in [0.4, 0.5) is 10.1 Å². The standard InChI is InChI=1S/C22H26BClFNO7S/c1-13(27)31-12-14-10-15(24)11-18(20(14)30-6)34(28,29)26-17-9-7-8-16(19(17)25)23-32-21(2,3)22(4,5)33-23/h7-11,26H,12H2,1-6H3. The number of hydrogen-bond donors (Lipinski definition) is 1. The molecule has 0 radical (unpaired) electrons. The Morgan fingerprint density at radius 3 is 2.35 bits per heavy atom. The molecule has 0 saturated carbocycles. The maximum Gasteiger partial charge on any atom is 0.497 e. The molecule has 0 aliphatic carbocycles. The van der Waals surface area contributed by atoms with E-state index in [9.17, 15) is 13.2 Å². The topological polar surface area (TPSA) is 100 Å². The van der Waals surface area contributed by atoms with Crippen LogP contribution in [-0.4, -0.2) is 39.8 Å². The zero-order chi connectivity index (χ0) is 25.5. The highest BCUT2D eigenvalue weighted by atomic mass is 35.5. The van der Waals surface area contributed by atoms with Crippen LogP contribution in [0, 0.1) is 5.82 Å². The first-order valence-electron chi connectivity index (χ1n) is 10.3.